The molecule has 0 saturated carbocycles. The van der Waals surface area contributed by atoms with Gasteiger partial charge in [-0.1, -0.05) is 86.8 Å². The Morgan fingerprint density at radius 2 is 1.27 bits per heavy atom. The molecule has 170 valence electrons. The second-order valence-electron chi connectivity index (χ2n) is 8.31. The third kappa shape index (κ3) is 5.75. The summed E-state index contributed by atoms with van der Waals surface area (Å²) in [6, 6.07) is 24.9. The fraction of sp³-hybridized carbons (Fsp3) is 0.241. The van der Waals surface area contributed by atoms with Gasteiger partial charge in [0.2, 0.25) is 0 Å². The van der Waals surface area contributed by atoms with Crippen LogP contribution in [0.1, 0.15) is 38.2 Å². The van der Waals surface area contributed by atoms with Crippen LogP contribution < -0.4 is 4.74 Å². The van der Waals surface area contributed by atoms with Crippen LogP contribution in [0.25, 0.3) is 33.0 Å². The minimum absolute atomic E-state index is 0.453. The first-order chi connectivity index (χ1) is 16.0. The largest absolute Gasteiger partial charge is 0.432 e. The van der Waals surface area contributed by atoms with Gasteiger partial charge in [-0.15, -0.1) is 0 Å². The van der Waals surface area contributed by atoms with E-state index in [1.165, 1.54) is 54.2 Å². The fourth-order valence-electron chi connectivity index (χ4n) is 4.11. The van der Waals surface area contributed by atoms with Crippen LogP contribution in [0.4, 0.5) is 13.2 Å². The number of rotatable bonds is 9. The van der Waals surface area contributed by atoms with Crippen molar-refractivity contribution in [1.82, 2.24) is 0 Å². The van der Waals surface area contributed by atoms with E-state index in [1.807, 2.05) is 24.3 Å². The molecule has 0 fully saturated rings. The van der Waals surface area contributed by atoms with Crippen LogP contribution in [0.15, 0.2) is 78.9 Å². The monoisotopic (exact) mass is 448 g/mol. The summed E-state index contributed by atoms with van der Waals surface area (Å²) in [7, 11) is 0. The molecule has 0 N–H and O–H groups in total. The lowest BCUT2D eigenvalue weighted by atomic mass is 9.97. The highest BCUT2D eigenvalue weighted by molar-refractivity contribution is 5.88. The number of hydrogen-bond donors (Lipinski definition) is 0. The van der Waals surface area contributed by atoms with E-state index in [4.69, 9.17) is 0 Å². The van der Waals surface area contributed by atoms with E-state index in [2.05, 4.69) is 48.1 Å². The molecule has 0 unspecified atom stereocenters. The summed E-state index contributed by atoms with van der Waals surface area (Å²) in [6.45, 7) is -0.823. The highest BCUT2D eigenvalue weighted by Gasteiger charge is 2.11. The zero-order chi connectivity index (χ0) is 23.2. The minimum atomic E-state index is -3.05. The molecule has 33 heavy (non-hydrogen) atoms. The molecule has 0 bridgehead atoms. The predicted molar refractivity (Wildman–Crippen MR) is 129 cm³/mol. The number of aryl methyl sites for hydroxylation is 1. The van der Waals surface area contributed by atoms with Gasteiger partial charge < -0.3 is 4.74 Å². The quantitative estimate of drug-likeness (QED) is 0.232. The lowest BCUT2D eigenvalue weighted by molar-refractivity contribution is -0.0521. The molecular formula is C29H27F3O. The first kappa shape index (κ1) is 22.9. The molecule has 0 spiro atoms. The SMILES string of the molecule is CCCCCCc1ccc2cc(-c3ccc(-c4ccc(OC(F)F)c(F)c4)cc3)ccc2c1. The highest BCUT2D eigenvalue weighted by Crippen LogP contribution is 2.30. The van der Waals surface area contributed by atoms with Crippen LogP contribution in [0.2, 0.25) is 0 Å². The minimum Gasteiger partial charge on any atom is -0.432 e. The zero-order valence-electron chi connectivity index (χ0n) is 18.7. The second-order valence-corrected chi connectivity index (χ2v) is 8.31. The summed E-state index contributed by atoms with van der Waals surface area (Å²) in [5.41, 5.74) is 4.95. The predicted octanol–water partition coefficient (Wildman–Crippen LogP) is 9.04. The molecule has 1 nitrogen and oxygen atoms in total. The summed E-state index contributed by atoms with van der Waals surface area (Å²) in [5, 5.41) is 2.44. The van der Waals surface area contributed by atoms with Gasteiger partial charge in [0, 0.05) is 0 Å². The van der Waals surface area contributed by atoms with E-state index < -0.39 is 18.2 Å². The Balaban J connectivity index is 1.50. The van der Waals surface area contributed by atoms with Crippen molar-refractivity contribution < 1.29 is 17.9 Å². The van der Waals surface area contributed by atoms with E-state index >= 15 is 0 Å². The molecule has 4 aromatic carbocycles. The Bertz CT molecular complexity index is 1220. The molecule has 0 aliphatic heterocycles. The fourth-order valence-corrected chi connectivity index (χ4v) is 4.11. The van der Waals surface area contributed by atoms with Gasteiger partial charge in [0.15, 0.2) is 11.6 Å². The summed E-state index contributed by atoms with van der Waals surface area (Å²) in [4.78, 5) is 0. The molecule has 4 rings (SSSR count). The summed E-state index contributed by atoms with van der Waals surface area (Å²) >= 11 is 0. The topological polar surface area (TPSA) is 9.23 Å². The number of unbranched alkanes of at least 4 members (excludes halogenated alkanes) is 3. The van der Waals surface area contributed by atoms with Gasteiger partial charge in [-0.3, -0.25) is 0 Å². The normalized spacial score (nSPS) is 11.3. The van der Waals surface area contributed by atoms with Gasteiger partial charge in [0.05, 0.1) is 0 Å². The Morgan fingerprint density at radius 1 is 0.667 bits per heavy atom. The average molecular weight is 449 g/mol. The standard InChI is InChI=1S/C29H27F3O/c1-2-3-4-5-6-20-7-8-25-18-24(14-13-23(25)17-20)21-9-11-22(12-10-21)26-15-16-28(27(30)19-26)33-29(31)32/h7-19,29H,2-6H2,1H3. The van der Waals surface area contributed by atoms with Crippen LogP contribution in [0.5, 0.6) is 5.75 Å². The van der Waals surface area contributed by atoms with Crippen LogP contribution >= 0.6 is 0 Å². The van der Waals surface area contributed by atoms with Crippen LogP contribution in [0.3, 0.4) is 0 Å². The molecule has 0 aliphatic rings. The van der Waals surface area contributed by atoms with E-state index in [1.54, 1.807) is 6.07 Å². The van der Waals surface area contributed by atoms with Crippen molar-refractivity contribution in [2.24, 2.45) is 0 Å². The summed E-state index contributed by atoms with van der Waals surface area (Å²) < 4.78 is 42.9. The van der Waals surface area contributed by atoms with Gasteiger partial charge in [-0.2, -0.15) is 8.78 Å². The van der Waals surface area contributed by atoms with E-state index in [-0.39, 0.29) is 0 Å². The molecule has 0 saturated heterocycles. The van der Waals surface area contributed by atoms with Crippen molar-refractivity contribution in [2.45, 2.75) is 45.6 Å². The molecule has 4 aromatic rings. The third-order valence-corrected chi connectivity index (χ3v) is 5.92. The molecule has 4 heteroatoms. The lowest BCUT2D eigenvalue weighted by Crippen LogP contribution is -2.03. The number of halogens is 3. The first-order valence-electron chi connectivity index (χ1n) is 11.4. The summed E-state index contributed by atoms with van der Waals surface area (Å²) in [6.07, 6.45) is 6.18. The molecule has 0 aromatic heterocycles. The first-order valence-corrected chi connectivity index (χ1v) is 11.4. The van der Waals surface area contributed by atoms with Gasteiger partial charge in [0.25, 0.3) is 0 Å². The average Bonchev–Trinajstić information content (AvgIpc) is 2.82. The Labute approximate surface area is 192 Å². The van der Waals surface area contributed by atoms with Crippen molar-refractivity contribution in [3.63, 3.8) is 0 Å². The maximum absolute atomic E-state index is 14.1. The van der Waals surface area contributed by atoms with Crippen LogP contribution in [0, 0.1) is 5.82 Å². The molecule has 0 aliphatic carbocycles. The van der Waals surface area contributed by atoms with Crippen molar-refractivity contribution in [3.8, 4) is 28.0 Å². The Morgan fingerprint density at radius 3 is 1.94 bits per heavy atom. The van der Waals surface area contributed by atoms with Crippen LogP contribution in [-0.4, -0.2) is 6.61 Å². The van der Waals surface area contributed by atoms with Crippen molar-refractivity contribution >= 4 is 10.8 Å². The van der Waals surface area contributed by atoms with Crippen molar-refractivity contribution in [3.05, 3.63) is 90.2 Å². The van der Waals surface area contributed by atoms with Crippen LogP contribution in [-0.2, 0) is 6.42 Å². The Kier molecular flexibility index (Phi) is 7.33. The van der Waals surface area contributed by atoms with E-state index in [0.29, 0.717) is 5.56 Å². The number of fused-ring (bicyclic) bond motifs is 1. The molecule has 0 atom stereocenters. The van der Waals surface area contributed by atoms with Gasteiger partial charge in [0.1, 0.15) is 0 Å². The van der Waals surface area contributed by atoms with Gasteiger partial charge in [-0.05, 0) is 69.6 Å². The number of ether oxygens (including phenoxy) is 1. The van der Waals surface area contributed by atoms with E-state index in [0.717, 1.165) is 23.1 Å². The number of hydrogen-bond acceptors (Lipinski definition) is 1. The number of benzene rings is 4. The third-order valence-electron chi connectivity index (χ3n) is 5.92. The lowest BCUT2D eigenvalue weighted by Gasteiger charge is -2.09. The smallest absolute Gasteiger partial charge is 0.387 e. The Hall–Kier alpha value is -3.27. The molecule has 0 amide bonds. The van der Waals surface area contributed by atoms with Crippen molar-refractivity contribution in [2.75, 3.05) is 0 Å². The molecular weight excluding hydrogens is 421 g/mol. The van der Waals surface area contributed by atoms with Gasteiger partial charge >= 0.3 is 6.61 Å². The maximum atomic E-state index is 14.1. The number of alkyl halides is 2. The molecule has 0 heterocycles. The second kappa shape index (κ2) is 10.6. The summed E-state index contributed by atoms with van der Waals surface area (Å²) in [5.74, 6) is -1.26. The van der Waals surface area contributed by atoms with Crippen molar-refractivity contribution in [1.29, 1.82) is 0 Å². The van der Waals surface area contributed by atoms with Gasteiger partial charge in [-0.25, -0.2) is 4.39 Å². The zero-order valence-corrected chi connectivity index (χ0v) is 18.7. The van der Waals surface area contributed by atoms with E-state index in [9.17, 15) is 13.2 Å². The molecule has 0 radical (unpaired) electrons. The highest BCUT2D eigenvalue weighted by atomic mass is 19.3. The maximum Gasteiger partial charge on any atom is 0.387 e.